The van der Waals surface area contributed by atoms with Crippen molar-refractivity contribution < 1.29 is 23.8 Å². The molecule has 1 aromatic heterocycles. The molecular formula is C29H45NO5S. The summed E-state index contributed by atoms with van der Waals surface area (Å²) in [5.41, 5.74) is 1.18. The van der Waals surface area contributed by atoms with Gasteiger partial charge in [-0.1, -0.05) is 20.3 Å². The van der Waals surface area contributed by atoms with E-state index in [4.69, 9.17) is 19.2 Å². The van der Waals surface area contributed by atoms with Gasteiger partial charge in [0.25, 0.3) is 0 Å². The monoisotopic (exact) mass is 519 g/mol. The van der Waals surface area contributed by atoms with Gasteiger partial charge in [0.05, 0.1) is 12.3 Å². The minimum Gasteiger partial charge on any atom is -0.455 e. The van der Waals surface area contributed by atoms with Crippen LogP contribution in [-0.4, -0.2) is 36.2 Å². The Hall–Kier alpha value is -1.31. The Morgan fingerprint density at radius 1 is 1.22 bits per heavy atom. The van der Waals surface area contributed by atoms with E-state index in [2.05, 4.69) is 13.8 Å². The Bertz CT molecular complexity index is 894. The van der Waals surface area contributed by atoms with Gasteiger partial charge in [-0.15, -0.1) is 11.3 Å². The molecule has 6 atom stereocenters. The second kappa shape index (κ2) is 12.5. The molecule has 1 aliphatic heterocycles. The fourth-order valence-electron chi connectivity index (χ4n) is 7.11. The van der Waals surface area contributed by atoms with Crippen molar-refractivity contribution >= 4 is 23.1 Å². The Morgan fingerprint density at radius 3 is 2.81 bits per heavy atom. The zero-order valence-corrected chi connectivity index (χ0v) is 23.5. The topological polar surface area (TPSA) is 74.7 Å². The molecule has 6 nitrogen and oxygen atoms in total. The lowest BCUT2D eigenvalue weighted by atomic mass is 9.62. The first kappa shape index (κ1) is 27.7. The molecule has 3 fully saturated rings. The molecule has 2 saturated carbocycles. The quantitative estimate of drug-likeness (QED) is 0.302. The van der Waals surface area contributed by atoms with E-state index in [-0.39, 0.29) is 29.7 Å². The summed E-state index contributed by atoms with van der Waals surface area (Å²) < 4.78 is 17.3. The molecular weight excluding hydrogens is 474 g/mol. The van der Waals surface area contributed by atoms with E-state index in [1.165, 1.54) is 24.6 Å². The molecule has 0 radical (unpaired) electrons. The Labute approximate surface area is 220 Å². The van der Waals surface area contributed by atoms with Crippen LogP contribution in [-0.2, 0) is 30.2 Å². The number of ketones is 1. The second-order valence-corrected chi connectivity index (χ2v) is 12.7. The lowest BCUT2D eigenvalue weighted by Gasteiger charge is -2.42. The number of fused-ring (bicyclic) bond motifs is 1. The van der Waals surface area contributed by atoms with Crippen molar-refractivity contribution in [1.29, 1.82) is 0 Å². The third-order valence-corrected chi connectivity index (χ3v) is 10.3. The lowest BCUT2D eigenvalue weighted by Crippen LogP contribution is -2.39. The van der Waals surface area contributed by atoms with E-state index < -0.39 is 0 Å². The van der Waals surface area contributed by atoms with Crippen LogP contribution in [0.3, 0.4) is 0 Å². The number of Topliss-reactive ketones (excluding diaryl/α,β-unsaturated/α-hetero) is 1. The number of ether oxygens (including phenoxy) is 3. The number of hydrogen-bond acceptors (Lipinski definition) is 7. The summed E-state index contributed by atoms with van der Waals surface area (Å²) in [6.45, 7) is 9.65. The zero-order chi connectivity index (χ0) is 25.7. The van der Waals surface area contributed by atoms with Gasteiger partial charge in [0.1, 0.15) is 10.8 Å². The predicted octanol–water partition coefficient (Wildman–Crippen LogP) is 6.73. The molecule has 0 aromatic carbocycles. The maximum Gasteiger partial charge on any atom is 0.303 e. The van der Waals surface area contributed by atoms with Gasteiger partial charge < -0.3 is 14.2 Å². The lowest BCUT2D eigenvalue weighted by molar-refractivity contribution is -0.161. The molecule has 3 aliphatic rings. The van der Waals surface area contributed by atoms with Crippen LogP contribution < -0.4 is 0 Å². The average molecular weight is 520 g/mol. The molecule has 1 saturated heterocycles. The van der Waals surface area contributed by atoms with Crippen LogP contribution in [0.25, 0.3) is 0 Å². The molecule has 2 heterocycles. The SMILES string of the molecule is CC(=O)OC(CCCC(C)C1CCC2C(=O)CCCC21C)c1nc(C)c(CCOC2CCCCO2)s1. The first-order chi connectivity index (χ1) is 17.3. The van der Waals surface area contributed by atoms with E-state index in [0.717, 1.165) is 81.5 Å². The Kier molecular flexibility index (Phi) is 9.62. The number of carbonyl (C=O) groups excluding carboxylic acids is 2. The highest BCUT2D eigenvalue weighted by atomic mass is 32.1. The molecule has 2 aliphatic carbocycles. The molecule has 0 bridgehead atoms. The standard InChI is InChI=1S/C29H45NO5S/c1-19(22-13-14-23-24(32)10-8-16-29(22,23)4)9-7-11-25(35-21(3)31)28-30-20(2)26(36-28)15-18-34-27-12-5-6-17-33-27/h19,22-23,25,27H,5-18H2,1-4H3. The van der Waals surface area contributed by atoms with Gasteiger partial charge in [0.2, 0.25) is 0 Å². The minimum atomic E-state index is -0.294. The van der Waals surface area contributed by atoms with Crippen LogP contribution in [0.4, 0.5) is 0 Å². The molecule has 4 rings (SSSR count). The molecule has 36 heavy (non-hydrogen) atoms. The maximum absolute atomic E-state index is 12.5. The number of aryl methyl sites for hydroxylation is 1. The number of hydrogen-bond donors (Lipinski definition) is 0. The summed E-state index contributed by atoms with van der Waals surface area (Å²) in [6.07, 6.45) is 11.8. The number of aromatic nitrogens is 1. The van der Waals surface area contributed by atoms with Gasteiger partial charge in [-0.3, -0.25) is 9.59 Å². The molecule has 202 valence electrons. The Balaban J connectivity index is 1.30. The molecule has 0 spiro atoms. The van der Waals surface area contributed by atoms with Crippen molar-refractivity contribution in [2.75, 3.05) is 13.2 Å². The largest absolute Gasteiger partial charge is 0.455 e. The van der Waals surface area contributed by atoms with Crippen LogP contribution >= 0.6 is 11.3 Å². The van der Waals surface area contributed by atoms with Crippen LogP contribution in [0.5, 0.6) is 0 Å². The predicted molar refractivity (Wildman–Crippen MR) is 141 cm³/mol. The summed E-state index contributed by atoms with van der Waals surface area (Å²) in [4.78, 5) is 30.4. The van der Waals surface area contributed by atoms with Crippen molar-refractivity contribution in [2.24, 2.45) is 23.2 Å². The number of carbonyl (C=O) groups is 2. The van der Waals surface area contributed by atoms with Gasteiger partial charge in [0, 0.05) is 37.2 Å². The average Bonchev–Trinajstić information content (AvgIpc) is 3.39. The normalized spacial score (nSPS) is 30.1. The first-order valence-electron chi connectivity index (χ1n) is 14.2. The highest BCUT2D eigenvalue weighted by molar-refractivity contribution is 7.11. The maximum atomic E-state index is 12.5. The highest BCUT2D eigenvalue weighted by Crippen LogP contribution is 2.57. The second-order valence-electron chi connectivity index (χ2n) is 11.5. The highest BCUT2D eigenvalue weighted by Gasteiger charge is 2.52. The number of esters is 1. The molecule has 6 unspecified atom stereocenters. The van der Waals surface area contributed by atoms with Crippen molar-refractivity contribution in [3.8, 4) is 0 Å². The summed E-state index contributed by atoms with van der Waals surface area (Å²) in [6, 6.07) is 0. The molecule has 7 heteroatoms. The van der Waals surface area contributed by atoms with E-state index >= 15 is 0 Å². The van der Waals surface area contributed by atoms with Crippen molar-refractivity contribution in [1.82, 2.24) is 4.98 Å². The van der Waals surface area contributed by atoms with E-state index in [1.807, 2.05) is 6.92 Å². The van der Waals surface area contributed by atoms with E-state index in [0.29, 0.717) is 24.2 Å². The molecule has 0 N–H and O–H groups in total. The summed E-state index contributed by atoms with van der Waals surface area (Å²) in [5, 5.41) is 0.894. The van der Waals surface area contributed by atoms with Crippen LogP contribution in [0.1, 0.15) is 113 Å². The third kappa shape index (κ3) is 6.57. The first-order valence-corrected chi connectivity index (χ1v) is 15.0. The smallest absolute Gasteiger partial charge is 0.303 e. The van der Waals surface area contributed by atoms with Crippen LogP contribution in [0.2, 0.25) is 0 Å². The summed E-state index contributed by atoms with van der Waals surface area (Å²) >= 11 is 1.65. The van der Waals surface area contributed by atoms with Crippen LogP contribution in [0, 0.1) is 30.1 Å². The van der Waals surface area contributed by atoms with Gasteiger partial charge in [-0.25, -0.2) is 4.98 Å². The number of thiazole rings is 1. The summed E-state index contributed by atoms with van der Waals surface area (Å²) in [5.74, 6) is 1.70. The van der Waals surface area contributed by atoms with Gasteiger partial charge in [-0.05, 0) is 82.0 Å². The van der Waals surface area contributed by atoms with Crippen molar-refractivity contribution in [3.05, 3.63) is 15.6 Å². The van der Waals surface area contributed by atoms with Crippen LogP contribution in [0.15, 0.2) is 0 Å². The van der Waals surface area contributed by atoms with E-state index in [1.54, 1.807) is 11.3 Å². The van der Waals surface area contributed by atoms with Crippen molar-refractivity contribution in [2.45, 2.75) is 117 Å². The van der Waals surface area contributed by atoms with Crippen molar-refractivity contribution in [3.63, 3.8) is 0 Å². The summed E-state index contributed by atoms with van der Waals surface area (Å²) in [7, 11) is 0. The number of nitrogens with zero attached hydrogens (tertiary/aromatic N) is 1. The minimum absolute atomic E-state index is 0.0774. The van der Waals surface area contributed by atoms with Gasteiger partial charge >= 0.3 is 5.97 Å². The van der Waals surface area contributed by atoms with Gasteiger partial charge in [0.15, 0.2) is 12.4 Å². The number of rotatable bonds is 11. The fourth-order valence-corrected chi connectivity index (χ4v) is 8.22. The Morgan fingerprint density at radius 2 is 2.06 bits per heavy atom. The fraction of sp³-hybridized carbons (Fsp3) is 0.828. The molecule has 0 amide bonds. The zero-order valence-electron chi connectivity index (χ0n) is 22.7. The molecule has 1 aromatic rings. The third-order valence-electron chi connectivity index (χ3n) is 9.01. The van der Waals surface area contributed by atoms with E-state index in [9.17, 15) is 9.59 Å². The van der Waals surface area contributed by atoms with Gasteiger partial charge in [-0.2, -0.15) is 0 Å².